The second-order valence-corrected chi connectivity index (χ2v) is 41.4. The molecule has 0 aliphatic heterocycles. The number of hydrogen-bond acceptors (Lipinski definition) is 0. The van der Waals surface area contributed by atoms with Gasteiger partial charge in [-0.3, -0.25) is 0 Å². The Morgan fingerprint density at radius 2 is 0.753 bits per heavy atom. The lowest BCUT2D eigenvalue weighted by atomic mass is 9.64. The normalized spacial score (nSPS) is 29.5. The summed E-state index contributed by atoms with van der Waals surface area (Å²) >= 11 is 0. The van der Waals surface area contributed by atoms with Gasteiger partial charge in [-0.05, 0) is 258 Å². The van der Waals surface area contributed by atoms with Gasteiger partial charge in [0.2, 0.25) is 0 Å². The molecule has 7 unspecified atom stereocenters. The zero-order chi connectivity index (χ0) is 71.0. The van der Waals surface area contributed by atoms with Gasteiger partial charge in [-0.2, -0.15) is 0 Å². The van der Waals surface area contributed by atoms with E-state index in [-0.39, 0.29) is 0 Å². The molecule has 0 saturated heterocycles. The highest BCUT2D eigenvalue weighted by Crippen LogP contribution is 2.61. The van der Waals surface area contributed by atoms with Crippen LogP contribution in [0.2, 0.25) is 0 Å². The SMILES string of the molecule is CC(C)(C)C(C)(C)C.CC(C)C(C)C(C)C.CC1(C2CC2)CC1.CC1CC(C)(C)C1.CC1CC(C)C1C.CC1CC(C)C1C.CC1CCC1(C)C.CCC(C)(C)C(C)C.CCC(C)C(C)(C)C.CCC1CC(C)C1.CC[C@@H](C)C(C)(C)C.C[C@H]1CC1C1CC1. The third-order valence-electron chi connectivity index (χ3n) is 27.5. The Labute approximate surface area is 571 Å². The van der Waals surface area contributed by atoms with Crippen LogP contribution in [0, 0.1) is 162 Å². The highest BCUT2D eigenvalue weighted by atomic mass is 14.5. The maximum atomic E-state index is 2.44. The van der Waals surface area contributed by atoms with E-state index in [0.29, 0.717) is 37.9 Å². The summed E-state index contributed by atoms with van der Waals surface area (Å²) in [4.78, 5) is 0. The molecule has 0 spiro atoms. The molecule has 9 saturated carbocycles. The van der Waals surface area contributed by atoms with Crippen LogP contribution >= 0.6 is 0 Å². The van der Waals surface area contributed by atoms with Gasteiger partial charge in [-0.15, -0.1) is 0 Å². The van der Waals surface area contributed by atoms with Gasteiger partial charge < -0.3 is 0 Å². The average Bonchev–Trinajstić information content (AvgIpc) is 2.93. The molecular formula is C89H184. The second-order valence-electron chi connectivity index (χ2n) is 41.4. The van der Waals surface area contributed by atoms with E-state index in [9.17, 15) is 0 Å². The third-order valence-corrected chi connectivity index (χ3v) is 27.5. The predicted molar refractivity (Wildman–Crippen MR) is 415 cm³/mol. The lowest BCUT2D eigenvalue weighted by molar-refractivity contribution is 0.0892. The maximum absolute atomic E-state index is 2.44. The molecule has 9 atom stereocenters. The maximum Gasteiger partial charge on any atom is -0.0297 e. The molecule has 540 valence electrons. The van der Waals surface area contributed by atoms with E-state index in [1.807, 2.05) is 0 Å². The van der Waals surface area contributed by atoms with Crippen LogP contribution in [0.1, 0.15) is 413 Å². The van der Waals surface area contributed by atoms with E-state index in [1.54, 1.807) is 19.3 Å². The Kier molecular flexibility index (Phi) is 43.2. The monoisotopic (exact) mass is 1250 g/mol. The zero-order valence-electron chi connectivity index (χ0n) is 71.0. The van der Waals surface area contributed by atoms with Gasteiger partial charge in [0.15, 0.2) is 0 Å². The molecule has 9 rings (SSSR count). The fourth-order valence-electron chi connectivity index (χ4n) is 12.3. The minimum atomic E-state index is 0.437. The molecule has 9 aliphatic carbocycles. The standard InChI is InChI=1S/5C8H18.2C7H12.5C7H14/c1-7(2,3)8(4,5)6;2*1-6-7(2)8(3,4)5;1-6-8(4,5)7(2)3;1-6(2)8(5)7(3)4;1-7(4-5-7)6-2-3-6;1-5-4-7(5)6-2-3-6;1-6-4-7(2,3)5-6;1-6-4-5-7(6,2)3;2*1-5-4-6(2)7(5)3;1-3-7-4-6(2)5-7/h1-6H3;3*7H,6H2,1-5H3;6-8H,1-5H3;6H,2-5H2,1H3;5-7H,2-4H2,1H3;2*6H,4-5H2,1-3H3;2*5-7H,4H2,1-3H3;6-7H,3-5H2,1-2H3/t;7-;;;;;5-,7?;;;;;/m.1....0...../s1. The molecule has 0 bridgehead atoms. The largest absolute Gasteiger partial charge is 0.0651 e. The predicted octanol–water partition coefficient (Wildman–Crippen LogP) is 31.4. The molecule has 9 fully saturated rings. The quantitative estimate of drug-likeness (QED) is 0.216. The van der Waals surface area contributed by atoms with Gasteiger partial charge in [0.1, 0.15) is 0 Å². The first-order chi connectivity index (χ1) is 39.9. The summed E-state index contributed by atoms with van der Waals surface area (Å²) < 4.78 is 0. The molecule has 0 N–H and O–H groups in total. The minimum Gasteiger partial charge on any atom is -0.0651 e. The van der Waals surface area contributed by atoms with Gasteiger partial charge >= 0.3 is 0 Å². The van der Waals surface area contributed by atoms with Gasteiger partial charge in [0.25, 0.3) is 0 Å². The van der Waals surface area contributed by atoms with Crippen LogP contribution in [0.3, 0.4) is 0 Å². The van der Waals surface area contributed by atoms with Gasteiger partial charge in [-0.1, -0.05) is 316 Å². The first-order valence-electron chi connectivity index (χ1n) is 39.9. The van der Waals surface area contributed by atoms with Crippen molar-refractivity contribution < 1.29 is 0 Å². The lowest BCUT2D eigenvalue weighted by Crippen LogP contribution is -2.31. The number of rotatable bonds is 9. The molecule has 89 heavy (non-hydrogen) atoms. The summed E-state index contributed by atoms with van der Waals surface area (Å²) in [7, 11) is 0. The molecule has 0 amide bonds. The molecule has 0 aromatic carbocycles. The summed E-state index contributed by atoms with van der Waals surface area (Å²) in [5, 5.41) is 0. The summed E-state index contributed by atoms with van der Waals surface area (Å²) in [5.74, 6) is 19.9. The van der Waals surface area contributed by atoms with Crippen molar-refractivity contribution in [2.24, 2.45) is 162 Å². The highest BCUT2D eigenvalue weighted by Gasteiger charge is 2.49. The van der Waals surface area contributed by atoms with Gasteiger partial charge in [0.05, 0.1) is 0 Å². The summed E-state index contributed by atoms with van der Waals surface area (Å²) in [6, 6.07) is 0. The Morgan fingerprint density at radius 3 is 0.787 bits per heavy atom. The second kappa shape index (κ2) is 41.3. The van der Waals surface area contributed by atoms with Crippen LogP contribution in [-0.2, 0) is 0 Å². The average molecular weight is 1250 g/mol. The zero-order valence-corrected chi connectivity index (χ0v) is 71.0. The van der Waals surface area contributed by atoms with Crippen molar-refractivity contribution in [1.82, 2.24) is 0 Å². The van der Waals surface area contributed by atoms with Crippen molar-refractivity contribution in [1.29, 1.82) is 0 Å². The van der Waals surface area contributed by atoms with Crippen molar-refractivity contribution in [3.8, 4) is 0 Å². The van der Waals surface area contributed by atoms with Crippen LogP contribution in [0.15, 0.2) is 0 Å². The van der Waals surface area contributed by atoms with E-state index in [0.717, 1.165) is 112 Å². The molecule has 0 aromatic heterocycles. The fraction of sp³-hybridized carbons (Fsp3) is 1.00. The highest BCUT2D eigenvalue weighted by molar-refractivity contribution is 5.00. The molecule has 0 radical (unpaired) electrons. The summed E-state index contributed by atoms with van der Waals surface area (Å²) in [6.07, 6.45) is 27.7. The van der Waals surface area contributed by atoms with Crippen molar-refractivity contribution in [2.45, 2.75) is 413 Å². The molecular weight excluding hydrogens is 1070 g/mol. The lowest BCUT2D eigenvalue weighted by Gasteiger charge is -2.42. The topological polar surface area (TPSA) is 0 Å². The first-order valence-corrected chi connectivity index (χ1v) is 39.9. The Morgan fingerprint density at radius 1 is 0.416 bits per heavy atom. The van der Waals surface area contributed by atoms with E-state index in [4.69, 9.17) is 0 Å². The van der Waals surface area contributed by atoms with Gasteiger partial charge in [-0.25, -0.2) is 0 Å². The summed E-state index contributed by atoms with van der Waals surface area (Å²) in [6.45, 7) is 96.9. The third kappa shape index (κ3) is 41.7. The van der Waals surface area contributed by atoms with E-state index < -0.39 is 0 Å². The molecule has 0 aromatic rings. The van der Waals surface area contributed by atoms with Crippen molar-refractivity contribution >= 4 is 0 Å². The van der Waals surface area contributed by atoms with Crippen LogP contribution in [0.4, 0.5) is 0 Å². The van der Waals surface area contributed by atoms with Crippen LogP contribution in [-0.4, -0.2) is 0 Å². The Hall–Kier alpha value is 0. The minimum absolute atomic E-state index is 0.437. The smallest absolute Gasteiger partial charge is 0.0297 e. The number of hydrogen-bond donors (Lipinski definition) is 0. The van der Waals surface area contributed by atoms with Crippen molar-refractivity contribution in [2.75, 3.05) is 0 Å². The molecule has 0 heteroatoms. The molecule has 0 nitrogen and oxygen atoms in total. The van der Waals surface area contributed by atoms with E-state index in [1.165, 1.54) is 115 Å². The van der Waals surface area contributed by atoms with Crippen LogP contribution in [0.5, 0.6) is 0 Å². The Balaban J connectivity index is -0.000000906. The first kappa shape index (κ1) is 93.2. The molecule has 9 aliphatic rings. The fourth-order valence-corrected chi connectivity index (χ4v) is 12.3. The summed E-state index contributed by atoms with van der Waals surface area (Å²) in [5.41, 5.74) is 4.67. The van der Waals surface area contributed by atoms with Gasteiger partial charge in [0, 0.05) is 0 Å². The van der Waals surface area contributed by atoms with Crippen molar-refractivity contribution in [3.63, 3.8) is 0 Å². The van der Waals surface area contributed by atoms with Crippen molar-refractivity contribution in [3.05, 3.63) is 0 Å². The molecule has 0 heterocycles. The van der Waals surface area contributed by atoms with E-state index in [2.05, 4.69) is 291 Å². The van der Waals surface area contributed by atoms with Crippen LogP contribution in [0.25, 0.3) is 0 Å². The van der Waals surface area contributed by atoms with E-state index >= 15 is 0 Å². The Bertz CT molecular complexity index is 1610. The van der Waals surface area contributed by atoms with Crippen LogP contribution < -0.4 is 0 Å².